The third-order valence-electron chi connectivity index (χ3n) is 7.15. The molecule has 0 heterocycles. The van der Waals surface area contributed by atoms with Crippen LogP contribution in [-0.2, 0) is 9.59 Å². The Balaban J connectivity index is -0.000000651. The van der Waals surface area contributed by atoms with E-state index >= 15 is 0 Å². The van der Waals surface area contributed by atoms with Crippen LogP contribution in [0.2, 0.25) is 0 Å². The Hall–Kier alpha value is 0.316. The molecule has 2 N–H and O–H groups in total. The van der Waals surface area contributed by atoms with Gasteiger partial charge in [-0.15, -0.1) is 0 Å². The maximum absolute atomic E-state index is 10.3. The summed E-state index contributed by atoms with van der Waals surface area (Å²) in [4.78, 5) is 20.6. The van der Waals surface area contributed by atoms with Crippen LogP contribution in [0.1, 0.15) is 194 Å². The van der Waals surface area contributed by atoms with E-state index in [4.69, 9.17) is 10.2 Å². The van der Waals surface area contributed by atoms with Gasteiger partial charge in [-0.2, -0.15) is 0 Å². The Bertz CT molecular complexity index is 507. The van der Waals surface area contributed by atoms with E-state index < -0.39 is 11.9 Å². The van der Waals surface area contributed by atoms with Crippen LogP contribution in [0.15, 0.2) is 12.2 Å². The molecule has 5 heteroatoms. The fourth-order valence-electron chi connectivity index (χ4n) is 4.64. The van der Waals surface area contributed by atoms with E-state index in [1.165, 1.54) is 141 Å². The number of rotatable bonds is 29. The number of hydrogen-bond acceptors (Lipinski definition) is 2. The summed E-state index contributed by atoms with van der Waals surface area (Å²) in [6.45, 7) is 4.52. The van der Waals surface area contributed by atoms with E-state index in [9.17, 15) is 9.59 Å². The molecule has 0 saturated carbocycles. The van der Waals surface area contributed by atoms with Crippen molar-refractivity contribution in [2.24, 2.45) is 0 Å². The van der Waals surface area contributed by atoms with Crippen LogP contribution in [0.4, 0.5) is 0 Å². The number of allylic oxidation sites excluding steroid dienone is 2. The monoisotopic (exact) mass is 578 g/mol. The molecule has 0 aliphatic rings. The van der Waals surface area contributed by atoms with Gasteiger partial charge in [-0.1, -0.05) is 154 Å². The Kier molecular flexibility index (Phi) is 45.4. The van der Waals surface area contributed by atoms with Crippen LogP contribution in [0.25, 0.3) is 0 Å². The first kappa shape index (κ1) is 43.8. The van der Waals surface area contributed by atoms with Crippen LogP contribution < -0.4 is 0 Å². The third kappa shape index (κ3) is 48.4. The SMILES string of the molecule is CCCCCCCCC=CCCCCCCCC(=O)O.CCCCCCCCCCCCCCCC(=O)O.[KH]. The van der Waals surface area contributed by atoms with Gasteiger partial charge < -0.3 is 10.2 Å². The van der Waals surface area contributed by atoms with Crippen molar-refractivity contribution < 1.29 is 19.8 Å². The molecule has 0 unspecified atom stereocenters. The molecule has 0 bridgehead atoms. The summed E-state index contributed by atoms with van der Waals surface area (Å²) in [7, 11) is 0. The van der Waals surface area contributed by atoms with Gasteiger partial charge in [0.15, 0.2) is 0 Å². The summed E-state index contributed by atoms with van der Waals surface area (Å²) < 4.78 is 0. The number of carboxylic acid groups (broad SMARTS) is 2. The molecular weight excluding hydrogens is 511 g/mol. The van der Waals surface area contributed by atoms with Crippen molar-refractivity contribution in [2.75, 3.05) is 0 Å². The van der Waals surface area contributed by atoms with Crippen LogP contribution in [-0.4, -0.2) is 73.5 Å². The number of unbranched alkanes of at least 4 members (excludes halogenated alkanes) is 23. The standard InChI is InChI=1S/C18H34O2.C16H32O2.K.H/c1-2-3-4-5-6-7-8-9-10-11-12-13-14-15-16-17-18(19)20;1-2-3-4-5-6-7-8-9-10-11-12-13-14-15-16(17)18;;/h9-10H,2-8,11-17H2,1H3,(H,19,20);2-15H2,1H3,(H,17,18);;. The summed E-state index contributed by atoms with van der Waals surface area (Å²) in [5.74, 6) is -1.32. The predicted molar refractivity (Wildman–Crippen MR) is 172 cm³/mol. The molecule has 0 aliphatic carbocycles. The summed E-state index contributed by atoms with van der Waals surface area (Å²) in [5, 5.41) is 17.0. The molecule has 0 spiro atoms. The van der Waals surface area contributed by atoms with Crippen molar-refractivity contribution in [1.29, 1.82) is 0 Å². The fraction of sp³-hybridized carbons (Fsp3) is 0.882. The molecule has 0 amide bonds. The van der Waals surface area contributed by atoms with Gasteiger partial charge in [-0.3, -0.25) is 9.59 Å². The number of carbonyl (C=O) groups is 2. The van der Waals surface area contributed by atoms with Crippen LogP contribution >= 0.6 is 0 Å². The van der Waals surface area contributed by atoms with Crippen molar-refractivity contribution in [3.63, 3.8) is 0 Å². The second-order valence-electron chi connectivity index (χ2n) is 11.1. The fourth-order valence-corrected chi connectivity index (χ4v) is 4.64. The van der Waals surface area contributed by atoms with Gasteiger partial charge in [0.25, 0.3) is 0 Å². The molecule has 0 aromatic carbocycles. The second kappa shape index (κ2) is 40.5. The molecule has 39 heavy (non-hydrogen) atoms. The zero-order valence-corrected chi connectivity index (χ0v) is 25.7. The summed E-state index contributed by atoms with van der Waals surface area (Å²) in [6, 6.07) is 0. The normalized spacial score (nSPS) is 10.7. The van der Waals surface area contributed by atoms with Gasteiger partial charge in [0.05, 0.1) is 0 Å². The van der Waals surface area contributed by atoms with Crippen molar-refractivity contribution in [3.05, 3.63) is 12.2 Å². The minimum atomic E-state index is -0.664. The molecular formula is C34H67KO4. The first-order chi connectivity index (χ1) is 18.5. The van der Waals surface area contributed by atoms with Crippen molar-refractivity contribution in [2.45, 2.75) is 194 Å². The van der Waals surface area contributed by atoms with Crippen molar-refractivity contribution in [3.8, 4) is 0 Å². The average molecular weight is 579 g/mol. The second-order valence-corrected chi connectivity index (χ2v) is 11.1. The van der Waals surface area contributed by atoms with Gasteiger partial charge in [0, 0.05) is 12.8 Å². The van der Waals surface area contributed by atoms with E-state index in [0.29, 0.717) is 12.8 Å². The van der Waals surface area contributed by atoms with Crippen LogP contribution in [0, 0.1) is 0 Å². The quantitative estimate of drug-likeness (QED) is 0.0526. The molecule has 0 aliphatic heterocycles. The van der Waals surface area contributed by atoms with Crippen LogP contribution in [0.5, 0.6) is 0 Å². The predicted octanol–water partition coefficient (Wildman–Crippen LogP) is 11.0. The summed E-state index contributed by atoms with van der Waals surface area (Å²) in [6.07, 6.45) is 38.5. The molecule has 228 valence electrons. The molecule has 0 atom stereocenters. The average Bonchev–Trinajstić information content (AvgIpc) is 2.89. The number of carboxylic acids is 2. The third-order valence-corrected chi connectivity index (χ3v) is 7.15. The molecule has 0 aromatic heterocycles. The number of hydrogen-bond donors (Lipinski definition) is 2. The van der Waals surface area contributed by atoms with E-state index in [1.807, 2.05) is 0 Å². The van der Waals surface area contributed by atoms with E-state index in [-0.39, 0.29) is 51.4 Å². The van der Waals surface area contributed by atoms with Gasteiger partial charge in [-0.25, -0.2) is 0 Å². The van der Waals surface area contributed by atoms with Gasteiger partial charge in [0.1, 0.15) is 0 Å². The topological polar surface area (TPSA) is 74.6 Å². The zero-order valence-electron chi connectivity index (χ0n) is 25.7. The Labute approximate surface area is 286 Å². The molecule has 0 radical (unpaired) electrons. The summed E-state index contributed by atoms with van der Waals surface area (Å²) in [5.41, 5.74) is 0. The first-order valence-corrected chi connectivity index (χ1v) is 16.6. The van der Waals surface area contributed by atoms with Gasteiger partial charge >= 0.3 is 63.3 Å². The molecule has 0 rings (SSSR count). The molecule has 0 saturated heterocycles. The first-order valence-electron chi connectivity index (χ1n) is 16.6. The van der Waals surface area contributed by atoms with Crippen molar-refractivity contribution >= 4 is 63.3 Å². The Morgan fingerprint density at radius 1 is 0.410 bits per heavy atom. The Morgan fingerprint density at radius 3 is 0.897 bits per heavy atom. The minimum absolute atomic E-state index is 0. The van der Waals surface area contributed by atoms with E-state index in [0.717, 1.165) is 25.7 Å². The molecule has 0 aromatic rings. The number of aliphatic carboxylic acids is 2. The van der Waals surface area contributed by atoms with Gasteiger partial charge in [-0.05, 0) is 38.5 Å². The van der Waals surface area contributed by atoms with E-state index in [1.54, 1.807) is 0 Å². The Morgan fingerprint density at radius 2 is 0.641 bits per heavy atom. The molecule has 0 fully saturated rings. The van der Waals surface area contributed by atoms with E-state index in [2.05, 4.69) is 26.0 Å². The van der Waals surface area contributed by atoms with Gasteiger partial charge in [0.2, 0.25) is 0 Å². The summed E-state index contributed by atoms with van der Waals surface area (Å²) >= 11 is 0. The zero-order chi connectivity index (χ0) is 28.4. The molecule has 4 nitrogen and oxygen atoms in total. The van der Waals surface area contributed by atoms with Crippen LogP contribution in [0.3, 0.4) is 0 Å². The maximum atomic E-state index is 10.3. The van der Waals surface area contributed by atoms with Crippen molar-refractivity contribution in [1.82, 2.24) is 0 Å².